The Balaban J connectivity index is 1.74. The predicted molar refractivity (Wildman–Crippen MR) is 116 cm³/mol. The van der Waals surface area contributed by atoms with Crippen LogP contribution < -0.4 is 5.32 Å². The van der Waals surface area contributed by atoms with Gasteiger partial charge in [-0.15, -0.1) is 0 Å². The van der Waals surface area contributed by atoms with Crippen LogP contribution in [-0.2, 0) is 13.1 Å². The van der Waals surface area contributed by atoms with E-state index in [2.05, 4.69) is 36.2 Å². The van der Waals surface area contributed by atoms with E-state index in [1.54, 1.807) is 4.80 Å². The minimum atomic E-state index is 0.597. The lowest BCUT2D eigenvalue weighted by molar-refractivity contribution is 0.302. The van der Waals surface area contributed by atoms with Crippen LogP contribution in [0.15, 0.2) is 54.6 Å². The monoisotopic (exact) mass is 397 g/mol. The summed E-state index contributed by atoms with van der Waals surface area (Å²) in [5.41, 5.74) is 4.06. The maximum absolute atomic E-state index is 6.11. The standard InChI is InChI=1S/C22H28ClN5/c1-3-27(4-2)14-13-24-16-21-22(19-10-6-5-7-11-19)26-28(25-21)17-18-9-8-12-20(23)15-18/h5-12,15,24H,3-4,13-14,16-17H2,1-2H3. The summed E-state index contributed by atoms with van der Waals surface area (Å²) in [5, 5.41) is 13.8. The third-order valence-corrected chi connectivity index (χ3v) is 5.01. The Hall–Kier alpha value is -2.21. The summed E-state index contributed by atoms with van der Waals surface area (Å²) in [5.74, 6) is 0. The zero-order valence-corrected chi connectivity index (χ0v) is 17.4. The Bertz CT molecular complexity index is 858. The van der Waals surface area contributed by atoms with E-state index in [1.807, 2.05) is 42.5 Å². The molecule has 0 aliphatic heterocycles. The van der Waals surface area contributed by atoms with Gasteiger partial charge in [-0.2, -0.15) is 15.0 Å². The molecule has 0 aliphatic carbocycles. The summed E-state index contributed by atoms with van der Waals surface area (Å²) < 4.78 is 0. The molecule has 0 fully saturated rings. The first-order valence-electron chi connectivity index (χ1n) is 9.86. The van der Waals surface area contributed by atoms with Crippen molar-refractivity contribution in [1.29, 1.82) is 0 Å². The molecular weight excluding hydrogens is 370 g/mol. The van der Waals surface area contributed by atoms with Crippen molar-refractivity contribution in [2.45, 2.75) is 26.9 Å². The van der Waals surface area contributed by atoms with Crippen molar-refractivity contribution >= 4 is 11.6 Å². The summed E-state index contributed by atoms with van der Waals surface area (Å²) in [6.45, 7) is 9.78. The zero-order valence-electron chi connectivity index (χ0n) is 16.6. The zero-order chi connectivity index (χ0) is 19.8. The van der Waals surface area contributed by atoms with Gasteiger partial charge in [-0.05, 0) is 30.8 Å². The Morgan fingerprint density at radius 3 is 2.50 bits per heavy atom. The van der Waals surface area contributed by atoms with Crippen molar-refractivity contribution in [3.63, 3.8) is 0 Å². The number of rotatable bonds is 10. The van der Waals surface area contributed by atoms with Gasteiger partial charge in [0.2, 0.25) is 0 Å². The van der Waals surface area contributed by atoms with Gasteiger partial charge < -0.3 is 10.2 Å². The molecule has 0 radical (unpaired) electrons. The number of nitrogens with one attached hydrogen (secondary N) is 1. The van der Waals surface area contributed by atoms with Gasteiger partial charge in [0, 0.05) is 30.2 Å². The molecule has 6 heteroatoms. The van der Waals surface area contributed by atoms with Crippen molar-refractivity contribution < 1.29 is 0 Å². The number of hydrogen-bond acceptors (Lipinski definition) is 4. The average molecular weight is 398 g/mol. The Kier molecular flexibility index (Phi) is 7.60. The lowest BCUT2D eigenvalue weighted by atomic mass is 10.1. The van der Waals surface area contributed by atoms with Crippen molar-refractivity contribution in [3.05, 3.63) is 70.9 Å². The van der Waals surface area contributed by atoms with Crippen molar-refractivity contribution in [2.75, 3.05) is 26.2 Å². The fourth-order valence-electron chi connectivity index (χ4n) is 3.17. The second-order valence-corrected chi connectivity index (χ2v) is 7.16. The van der Waals surface area contributed by atoms with E-state index in [-0.39, 0.29) is 0 Å². The summed E-state index contributed by atoms with van der Waals surface area (Å²) in [6.07, 6.45) is 0. The second kappa shape index (κ2) is 10.4. The number of halogens is 1. The van der Waals surface area contributed by atoms with Crippen LogP contribution in [0.5, 0.6) is 0 Å². The summed E-state index contributed by atoms with van der Waals surface area (Å²) in [4.78, 5) is 4.16. The third-order valence-electron chi connectivity index (χ3n) is 4.78. The number of hydrogen-bond donors (Lipinski definition) is 1. The predicted octanol–water partition coefficient (Wildman–Crippen LogP) is 4.08. The summed E-state index contributed by atoms with van der Waals surface area (Å²) >= 11 is 6.11. The SMILES string of the molecule is CCN(CC)CCNCc1nn(Cc2cccc(Cl)c2)nc1-c1ccccc1. The molecule has 0 bridgehead atoms. The largest absolute Gasteiger partial charge is 0.310 e. The molecule has 0 amide bonds. The highest BCUT2D eigenvalue weighted by Gasteiger charge is 2.13. The van der Waals surface area contributed by atoms with Gasteiger partial charge in [-0.1, -0.05) is 67.9 Å². The van der Waals surface area contributed by atoms with Crippen LogP contribution in [0.1, 0.15) is 25.1 Å². The van der Waals surface area contributed by atoms with E-state index in [4.69, 9.17) is 21.8 Å². The van der Waals surface area contributed by atoms with E-state index < -0.39 is 0 Å². The van der Waals surface area contributed by atoms with Crippen LogP contribution in [-0.4, -0.2) is 46.1 Å². The summed E-state index contributed by atoms with van der Waals surface area (Å²) in [7, 11) is 0. The van der Waals surface area contributed by atoms with Crippen LogP contribution >= 0.6 is 11.6 Å². The first-order valence-corrected chi connectivity index (χ1v) is 10.2. The van der Waals surface area contributed by atoms with Crippen LogP contribution in [0, 0.1) is 0 Å². The van der Waals surface area contributed by atoms with Gasteiger partial charge in [0.05, 0.1) is 6.54 Å². The maximum Gasteiger partial charge on any atom is 0.117 e. The molecule has 0 unspecified atom stereocenters. The van der Waals surface area contributed by atoms with E-state index >= 15 is 0 Å². The highest BCUT2D eigenvalue weighted by atomic mass is 35.5. The highest BCUT2D eigenvalue weighted by molar-refractivity contribution is 6.30. The van der Waals surface area contributed by atoms with E-state index in [1.165, 1.54) is 0 Å². The average Bonchev–Trinajstić information content (AvgIpc) is 3.11. The number of aromatic nitrogens is 3. The molecule has 0 saturated carbocycles. The van der Waals surface area contributed by atoms with Gasteiger partial charge in [0.15, 0.2) is 0 Å². The quantitative estimate of drug-likeness (QED) is 0.523. The molecule has 5 nitrogen and oxygen atoms in total. The highest BCUT2D eigenvalue weighted by Crippen LogP contribution is 2.20. The molecule has 1 heterocycles. The van der Waals surface area contributed by atoms with Crippen LogP contribution in [0.4, 0.5) is 0 Å². The van der Waals surface area contributed by atoms with Gasteiger partial charge in [0.1, 0.15) is 11.4 Å². The maximum atomic E-state index is 6.11. The molecule has 2 aromatic carbocycles. The first-order chi connectivity index (χ1) is 13.7. The second-order valence-electron chi connectivity index (χ2n) is 6.73. The van der Waals surface area contributed by atoms with Gasteiger partial charge in [0.25, 0.3) is 0 Å². The van der Waals surface area contributed by atoms with Crippen LogP contribution in [0.25, 0.3) is 11.3 Å². The Morgan fingerprint density at radius 1 is 1.00 bits per heavy atom. The molecule has 28 heavy (non-hydrogen) atoms. The van der Waals surface area contributed by atoms with Crippen molar-refractivity contribution in [2.24, 2.45) is 0 Å². The smallest absolute Gasteiger partial charge is 0.117 e. The number of benzene rings is 2. The minimum Gasteiger partial charge on any atom is -0.310 e. The molecule has 3 aromatic rings. The van der Waals surface area contributed by atoms with Gasteiger partial charge in [-0.25, -0.2) is 0 Å². The molecule has 1 aromatic heterocycles. The minimum absolute atomic E-state index is 0.597. The first kappa shape index (κ1) is 20.5. The van der Waals surface area contributed by atoms with Crippen LogP contribution in [0.3, 0.4) is 0 Å². The number of likely N-dealkylation sites (N-methyl/N-ethyl adjacent to an activating group) is 1. The molecule has 148 valence electrons. The van der Waals surface area contributed by atoms with Crippen LogP contribution in [0.2, 0.25) is 5.02 Å². The Labute approximate surface area is 172 Å². The van der Waals surface area contributed by atoms with Crippen molar-refractivity contribution in [3.8, 4) is 11.3 Å². The normalized spacial score (nSPS) is 11.3. The van der Waals surface area contributed by atoms with Gasteiger partial charge in [-0.3, -0.25) is 0 Å². The molecule has 0 aliphatic rings. The van der Waals surface area contributed by atoms with E-state index in [0.717, 1.165) is 53.7 Å². The van der Waals surface area contributed by atoms with Crippen molar-refractivity contribution in [1.82, 2.24) is 25.2 Å². The molecule has 1 N–H and O–H groups in total. The fourth-order valence-corrected chi connectivity index (χ4v) is 3.39. The number of nitrogens with zero attached hydrogens (tertiary/aromatic N) is 4. The lowest BCUT2D eigenvalue weighted by Gasteiger charge is -2.17. The third kappa shape index (κ3) is 5.64. The van der Waals surface area contributed by atoms with E-state index in [0.29, 0.717) is 13.1 Å². The Morgan fingerprint density at radius 2 is 1.79 bits per heavy atom. The topological polar surface area (TPSA) is 46.0 Å². The molecule has 0 spiro atoms. The molecule has 0 saturated heterocycles. The lowest BCUT2D eigenvalue weighted by Crippen LogP contribution is -2.31. The summed E-state index contributed by atoms with van der Waals surface area (Å²) in [6, 6.07) is 18.1. The molecule has 0 atom stereocenters. The van der Waals surface area contributed by atoms with Gasteiger partial charge >= 0.3 is 0 Å². The fraction of sp³-hybridized carbons (Fsp3) is 0.364. The molecular formula is C22H28ClN5. The van der Waals surface area contributed by atoms with E-state index in [9.17, 15) is 0 Å². The molecule has 3 rings (SSSR count).